The van der Waals surface area contributed by atoms with E-state index in [-0.39, 0.29) is 6.03 Å². The lowest BCUT2D eigenvalue weighted by atomic mass is 10.0. The molecule has 1 aromatic heterocycles. The number of rotatable bonds is 2. The third-order valence-electron chi connectivity index (χ3n) is 3.23. The van der Waals surface area contributed by atoms with E-state index in [1.165, 1.54) is 6.42 Å². The molecule has 0 aromatic carbocycles. The number of nitrogens with one attached hydrogen (secondary N) is 1. The second-order valence-electron chi connectivity index (χ2n) is 4.56. The molecule has 1 aromatic rings. The number of carbonyl (C=O) groups excluding carboxylic acids is 1. The van der Waals surface area contributed by atoms with Crippen molar-refractivity contribution in [1.82, 2.24) is 15.2 Å². The molecule has 1 aliphatic heterocycles. The Morgan fingerprint density at radius 2 is 2.47 bits per heavy atom. The molecule has 17 heavy (non-hydrogen) atoms. The van der Waals surface area contributed by atoms with Crippen LogP contribution in [0.2, 0.25) is 0 Å². The second kappa shape index (κ2) is 5.66. The van der Waals surface area contributed by atoms with Crippen molar-refractivity contribution in [3.63, 3.8) is 0 Å². The highest BCUT2D eigenvalue weighted by Gasteiger charge is 2.22. The Balaban J connectivity index is 1.84. The minimum absolute atomic E-state index is 0.0426. The maximum atomic E-state index is 12.0. The lowest BCUT2D eigenvalue weighted by Crippen LogP contribution is -2.47. The van der Waals surface area contributed by atoms with Crippen LogP contribution >= 0.6 is 0 Å². The molecule has 2 amide bonds. The number of nitrogens with zero attached hydrogens (tertiary/aromatic N) is 2. The van der Waals surface area contributed by atoms with Crippen LogP contribution < -0.4 is 5.32 Å². The summed E-state index contributed by atoms with van der Waals surface area (Å²) < 4.78 is 0. The van der Waals surface area contributed by atoms with E-state index in [4.69, 9.17) is 0 Å². The first kappa shape index (κ1) is 11.9. The van der Waals surface area contributed by atoms with Gasteiger partial charge in [-0.2, -0.15) is 0 Å². The normalized spacial score (nSPS) is 20.1. The Bertz CT molecular complexity index is 366. The molecule has 1 N–H and O–H groups in total. The predicted octanol–water partition coefficient (Wildman–Crippen LogP) is 2.17. The summed E-state index contributed by atoms with van der Waals surface area (Å²) in [6, 6.07) is 4.25. The van der Waals surface area contributed by atoms with Crippen LogP contribution in [0.3, 0.4) is 0 Å². The molecule has 1 fully saturated rings. The number of pyridine rings is 1. The average molecular weight is 233 g/mol. The highest BCUT2D eigenvalue weighted by molar-refractivity contribution is 5.74. The van der Waals surface area contributed by atoms with Gasteiger partial charge in [-0.15, -0.1) is 0 Å². The van der Waals surface area contributed by atoms with E-state index in [0.29, 0.717) is 12.6 Å². The van der Waals surface area contributed by atoms with Crippen LogP contribution in [0, 0.1) is 0 Å². The fraction of sp³-hybridized carbons (Fsp3) is 0.538. The summed E-state index contributed by atoms with van der Waals surface area (Å²) in [7, 11) is 0. The molecule has 0 saturated carbocycles. The number of hydrogen-bond acceptors (Lipinski definition) is 2. The average Bonchev–Trinajstić information content (AvgIpc) is 2.38. The fourth-order valence-electron chi connectivity index (χ4n) is 2.18. The summed E-state index contributed by atoms with van der Waals surface area (Å²) in [6.45, 7) is 3.54. The molecule has 0 aliphatic carbocycles. The van der Waals surface area contributed by atoms with Gasteiger partial charge >= 0.3 is 6.03 Å². The van der Waals surface area contributed by atoms with E-state index in [9.17, 15) is 4.79 Å². The Hall–Kier alpha value is -1.58. The van der Waals surface area contributed by atoms with Crippen LogP contribution in [-0.2, 0) is 6.54 Å². The highest BCUT2D eigenvalue weighted by atomic mass is 16.2. The minimum atomic E-state index is 0.0426. The summed E-state index contributed by atoms with van der Waals surface area (Å²) in [5, 5.41) is 2.95. The lowest BCUT2D eigenvalue weighted by Gasteiger charge is -2.33. The van der Waals surface area contributed by atoms with Crippen LogP contribution in [0.4, 0.5) is 4.79 Å². The Kier molecular flexibility index (Phi) is 3.96. The molecule has 1 saturated heterocycles. The zero-order valence-electron chi connectivity index (χ0n) is 10.2. The van der Waals surface area contributed by atoms with Gasteiger partial charge in [0, 0.05) is 31.5 Å². The monoisotopic (exact) mass is 233 g/mol. The summed E-state index contributed by atoms with van der Waals surface area (Å²) in [6.07, 6.45) is 6.97. The molecule has 0 spiro atoms. The van der Waals surface area contributed by atoms with Gasteiger partial charge in [0.2, 0.25) is 0 Å². The SMILES string of the molecule is CC1CCCCN1C(=O)NCc1cccnc1. The van der Waals surface area contributed by atoms with Gasteiger partial charge in [-0.3, -0.25) is 4.98 Å². The molecule has 1 aliphatic rings. The molecule has 1 unspecified atom stereocenters. The largest absolute Gasteiger partial charge is 0.334 e. The van der Waals surface area contributed by atoms with Crippen molar-refractivity contribution in [2.45, 2.75) is 38.8 Å². The number of amides is 2. The molecule has 2 rings (SSSR count). The third-order valence-corrected chi connectivity index (χ3v) is 3.23. The topological polar surface area (TPSA) is 45.2 Å². The van der Waals surface area contributed by atoms with Crippen molar-refractivity contribution < 1.29 is 4.79 Å². The zero-order valence-corrected chi connectivity index (χ0v) is 10.2. The van der Waals surface area contributed by atoms with Crippen molar-refractivity contribution in [3.05, 3.63) is 30.1 Å². The molecular weight excluding hydrogens is 214 g/mol. The number of hydrogen-bond donors (Lipinski definition) is 1. The molecule has 1 atom stereocenters. The predicted molar refractivity (Wildman–Crippen MR) is 66.5 cm³/mol. The standard InChI is InChI=1S/C13H19N3O/c1-11-5-2-3-8-16(11)13(17)15-10-12-6-4-7-14-9-12/h4,6-7,9,11H,2-3,5,8,10H2,1H3,(H,15,17). The van der Waals surface area contributed by atoms with Gasteiger partial charge in [0.15, 0.2) is 0 Å². The third kappa shape index (κ3) is 3.19. The van der Waals surface area contributed by atoms with Crippen molar-refractivity contribution in [1.29, 1.82) is 0 Å². The number of likely N-dealkylation sites (tertiary alicyclic amines) is 1. The van der Waals surface area contributed by atoms with Gasteiger partial charge in [0.05, 0.1) is 0 Å². The van der Waals surface area contributed by atoms with Gasteiger partial charge in [-0.05, 0) is 37.8 Å². The summed E-state index contributed by atoms with van der Waals surface area (Å²) >= 11 is 0. The molecule has 4 nitrogen and oxygen atoms in total. The first-order chi connectivity index (χ1) is 8.27. The maximum Gasteiger partial charge on any atom is 0.317 e. The minimum Gasteiger partial charge on any atom is -0.334 e. The van der Waals surface area contributed by atoms with Crippen LogP contribution in [0.15, 0.2) is 24.5 Å². The zero-order chi connectivity index (χ0) is 12.1. The van der Waals surface area contributed by atoms with E-state index < -0.39 is 0 Å². The van der Waals surface area contributed by atoms with E-state index in [1.54, 1.807) is 12.4 Å². The van der Waals surface area contributed by atoms with E-state index in [0.717, 1.165) is 24.9 Å². The summed E-state index contributed by atoms with van der Waals surface area (Å²) in [4.78, 5) is 17.9. The van der Waals surface area contributed by atoms with E-state index in [2.05, 4.69) is 17.2 Å². The Morgan fingerprint density at radius 1 is 1.59 bits per heavy atom. The molecule has 4 heteroatoms. The van der Waals surface area contributed by atoms with Gasteiger partial charge < -0.3 is 10.2 Å². The smallest absolute Gasteiger partial charge is 0.317 e. The maximum absolute atomic E-state index is 12.0. The second-order valence-corrected chi connectivity index (χ2v) is 4.56. The van der Waals surface area contributed by atoms with Gasteiger partial charge in [-0.1, -0.05) is 6.07 Å². The molecule has 2 heterocycles. The lowest BCUT2D eigenvalue weighted by molar-refractivity contribution is 0.158. The molecular formula is C13H19N3O. The number of carbonyl (C=O) groups is 1. The Morgan fingerprint density at radius 3 is 3.18 bits per heavy atom. The number of aromatic nitrogens is 1. The number of piperidine rings is 1. The van der Waals surface area contributed by atoms with E-state index in [1.807, 2.05) is 17.0 Å². The van der Waals surface area contributed by atoms with Crippen molar-refractivity contribution >= 4 is 6.03 Å². The van der Waals surface area contributed by atoms with E-state index >= 15 is 0 Å². The molecule has 0 radical (unpaired) electrons. The quantitative estimate of drug-likeness (QED) is 0.850. The summed E-state index contributed by atoms with van der Waals surface area (Å²) in [5.41, 5.74) is 1.03. The van der Waals surface area contributed by atoms with Gasteiger partial charge in [0.1, 0.15) is 0 Å². The first-order valence-corrected chi connectivity index (χ1v) is 6.21. The van der Waals surface area contributed by atoms with Gasteiger partial charge in [0.25, 0.3) is 0 Å². The van der Waals surface area contributed by atoms with Crippen LogP contribution in [0.1, 0.15) is 31.7 Å². The van der Waals surface area contributed by atoms with Crippen LogP contribution in [0.5, 0.6) is 0 Å². The van der Waals surface area contributed by atoms with Crippen LogP contribution in [-0.4, -0.2) is 28.5 Å². The fourth-order valence-corrected chi connectivity index (χ4v) is 2.18. The van der Waals surface area contributed by atoms with Crippen LogP contribution in [0.25, 0.3) is 0 Å². The first-order valence-electron chi connectivity index (χ1n) is 6.21. The van der Waals surface area contributed by atoms with Crippen molar-refractivity contribution in [3.8, 4) is 0 Å². The molecule has 92 valence electrons. The Labute approximate surface area is 102 Å². The summed E-state index contributed by atoms with van der Waals surface area (Å²) in [5.74, 6) is 0. The van der Waals surface area contributed by atoms with Gasteiger partial charge in [-0.25, -0.2) is 4.79 Å². The molecule has 0 bridgehead atoms. The number of urea groups is 1. The highest BCUT2D eigenvalue weighted by Crippen LogP contribution is 2.16. The van der Waals surface area contributed by atoms with Crippen molar-refractivity contribution in [2.75, 3.05) is 6.54 Å². The van der Waals surface area contributed by atoms with Crippen molar-refractivity contribution in [2.24, 2.45) is 0 Å².